The van der Waals surface area contributed by atoms with E-state index < -0.39 is 13.2 Å². The highest BCUT2D eigenvalue weighted by Gasteiger charge is 2.44. The molecule has 1 aliphatic heterocycles. The highest BCUT2D eigenvalue weighted by Crippen LogP contribution is 2.25. The third kappa shape index (κ3) is 3.50. The summed E-state index contributed by atoms with van der Waals surface area (Å²) in [7, 11) is -0.417. The second-order valence-electron chi connectivity index (χ2n) is 5.71. The molecule has 0 radical (unpaired) electrons. The molecule has 2 atom stereocenters. The first-order valence-electron chi connectivity index (χ1n) is 7.52. The van der Waals surface area contributed by atoms with Crippen molar-refractivity contribution in [2.24, 2.45) is 5.92 Å². The van der Waals surface area contributed by atoms with Gasteiger partial charge in [0.05, 0.1) is 6.10 Å². The van der Waals surface area contributed by atoms with Crippen LogP contribution in [0.4, 0.5) is 0 Å². The summed E-state index contributed by atoms with van der Waals surface area (Å²) in [5, 5.41) is 0. The van der Waals surface area contributed by atoms with E-state index in [-0.39, 0.29) is 17.8 Å². The molecule has 1 fully saturated rings. The third-order valence-corrected chi connectivity index (χ3v) is 3.67. The smallest absolute Gasteiger partial charge is 0.401 e. The Kier molecular flexibility index (Phi) is 5.38. The fraction of sp³-hybridized carbons (Fsp3) is 0.562. The van der Waals surface area contributed by atoms with E-state index in [4.69, 9.17) is 9.31 Å². The number of benzene rings is 1. The van der Waals surface area contributed by atoms with Gasteiger partial charge in [-0.2, -0.15) is 0 Å². The zero-order valence-corrected chi connectivity index (χ0v) is 12.5. The van der Waals surface area contributed by atoms with E-state index in [0.717, 1.165) is 18.3 Å². The van der Waals surface area contributed by atoms with Crippen LogP contribution >= 0.6 is 0 Å². The van der Waals surface area contributed by atoms with Gasteiger partial charge in [0.25, 0.3) is 0 Å². The molecular weight excluding hydrogens is 251 g/mol. The molecule has 2 rings (SSSR count). The monoisotopic (exact) mass is 274 g/mol. The van der Waals surface area contributed by atoms with Crippen LogP contribution in [-0.4, -0.2) is 25.1 Å². The molecule has 0 aromatic heterocycles. The molecule has 0 N–H and O–H groups in total. The van der Waals surface area contributed by atoms with Gasteiger partial charge in [-0.15, -0.1) is 0 Å². The van der Waals surface area contributed by atoms with Gasteiger partial charge < -0.3 is 9.31 Å². The summed E-state index contributed by atoms with van der Waals surface area (Å²) in [6, 6.07) is 9.82. The lowest BCUT2D eigenvalue weighted by molar-refractivity contribution is -0.127. The molecule has 0 amide bonds. The summed E-state index contributed by atoms with van der Waals surface area (Å²) >= 11 is 0. The zero-order chi connectivity index (χ0) is 14.5. The molecule has 0 unspecified atom stereocenters. The third-order valence-electron chi connectivity index (χ3n) is 3.67. The molecule has 1 heterocycles. The van der Waals surface area contributed by atoms with Gasteiger partial charge in [-0.25, -0.2) is 0 Å². The second kappa shape index (κ2) is 7.05. The Bertz CT molecular complexity index is 433. The van der Waals surface area contributed by atoms with E-state index in [2.05, 4.69) is 20.8 Å². The Morgan fingerprint density at radius 3 is 2.55 bits per heavy atom. The quantitative estimate of drug-likeness (QED) is 0.748. The van der Waals surface area contributed by atoms with E-state index in [0.29, 0.717) is 6.42 Å². The number of carbonyl (C=O) groups excluding carboxylic acids is 1. The first-order chi connectivity index (χ1) is 9.63. The molecule has 20 heavy (non-hydrogen) atoms. The van der Waals surface area contributed by atoms with Crippen molar-refractivity contribution in [3.05, 3.63) is 30.3 Å². The molecule has 0 spiro atoms. The second-order valence-corrected chi connectivity index (χ2v) is 5.71. The van der Waals surface area contributed by atoms with E-state index in [1.54, 1.807) is 0 Å². The summed E-state index contributed by atoms with van der Waals surface area (Å²) in [5.41, 5.74) is 0.976. The van der Waals surface area contributed by atoms with Gasteiger partial charge in [0.2, 0.25) is 0 Å². The van der Waals surface area contributed by atoms with Gasteiger partial charge in [0, 0.05) is 6.42 Å². The highest BCUT2D eigenvalue weighted by molar-refractivity contribution is 6.62. The van der Waals surface area contributed by atoms with Crippen LogP contribution in [-0.2, 0) is 14.1 Å². The Balaban J connectivity index is 2.09. The van der Waals surface area contributed by atoms with Gasteiger partial charge in [-0.3, -0.25) is 4.79 Å². The number of ketones is 1. The number of carbonyl (C=O) groups is 1. The average Bonchev–Trinajstić information content (AvgIpc) is 2.91. The molecule has 1 aliphatic rings. The van der Waals surface area contributed by atoms with Crippen molar-refractivity contribution in [2.75, 3.05) is 0 Å². The molecule has 1 aromatic carbocycles. The van der Waals surface area contributed by atoms with Gasteiger partial charge in [-0.1, -0.05) is 57.5 Å². The molecule has 4 heteroatoms. The van der Waals surface area contributed by atoms with Crippen molar-refractivity contribution < 1.29 is 14.1 Å². The van der Waals surface area contributed by atoms with Crippen molar-refractivity contribution in [1.82, 2.24) is 0 Å². The Morgan fingerprint density at radius 1 is 1.25 bits per heavy atom. The van der Waals surface area contributed by atoms with Crippen molar-refractivity contribution in [1.29, 1.82) is 0 Å². The van der Waals surface area contributed by atoms with E-state index in [1.165, 1.54) is 0 Å². The minimum Gasteiger partial charge on any atom is -0.401 e. The molecule has 0 bridgehead atoms. The first kappa shape index (κ1) is 15.3. The lowest BCUT2D eigenvalue weighted by Gasteiger charge is -2.20. The van der Waals surface area contributed by atoms with Crippen molar-refractivity contribution in [2.45, 2.75) is 52.2 Å². The summed E-state index contributed by atoms with van der Waals surface area (Å²) in [4.78, 5) is 12.3. The van der Waals surface area contributed by atoms with Gasteiger partial charge in [0.15, 0.2) is 5.78 Å². The standard InChI is InChI=1S/C16H23BO3/c1-4-5-11-14(18)16-15(12(2)3)19-17(20-16)13-9-7-6-8-10-13/h6-10,12,15-16H,4-5,11H2,1-3H3/t15-,16-/m1/s1. The first-order valence-corrected chi connectivity index (χ1v) is 7.52. The molecule has 3 nitrogen and oxygen atoms in total. The topological polar surface area (TPSA) is 35.5 Å². The number of hydrogen-bond donors (Lipinski definition) is 0. The van der Waals surface area contributed by atoms with Gasteiger partial charge >= 0.3 is 7.12 Å². The van der Waals surface area contributed by atoms with Crippen molar-refractivity contribution in [3.63, 3.8) is 0 Å². The van der Waals surface area contributed by atoms with Crippen LogP contribution in [0, 0.1) is 5.92 Å². The van der Waals surface area contributed by atoms with Gasteiger partial charge in [-0.05, 0) is 17.8 Å². The summed E-state index contributed by atoms with van der Waals surface area (Å²) < 4.78 is 11.9. The molecule has 108 valence electrons. The summed E-state index contributed by atoms with van der Waals surface area (Å²) in [5.74, 6) is 0.434. The SMILES string of the molecule is CCCCC(=O)[C@H]1OB(c2ccccc2)O[C@@H]1C(C)C. The maximum absolute atomic E-state index is 12.3. The number of unbranched alkanes of at least 4 members (excludes halogenated alkanes) is 1. The molecule has 0 aliphatic carbocycles. The largest absolute Gasteiger partial charge is 0.494 e. The zero-order valence-electron chi connectivity index (χ0n) is 12.5. The van der Waals surface area contributed by atoms with Crippen LogP contribution in [0.25, 0.3) is 0 Å². The Hall–Kier alpha value is -1.13. The molecule has 1 aromatic rings. The lowest BCUT2D eigenvalue weighted by atomic mass is 9.79. The maximum atomic E-state index is 12.3. The van der Waals surface area contributed by atoms with Crippen LogP contribution < -0.4 is 5.46 Å². The summed E-state index contributed by atoms with van der Waals surface area (Å²) in [6.45, 7) is 6.23. The van der Waals surface area contributed by atoms with Crippen LogP contribution in [0.2, 0.25) is 0 Å². The fourth-order valence-electron chi connectivity index (χ4n) is 2.48. The van der Waals surface area contributed by atoms with Crippen molar-refractivity contribution in [3.8, 4) is 0 Å². The molecule has 1 saturated heterocycles. The van der Waals surface area contributed by atoms with E-state index in [9.17, 15) is 4.79 Å². The lowest BCUT2D eigenvalue weighted by Crippen LogP contribution is -2.35. The summed E-state index contributed by atoms with van der Waals surface area (Å²) in [6.07, 6.45) is 1.94. The van der Waals surface area contributed by atoms with Crippen LogP contribution in [0.5, 0.6) is 0 Å². The fourth-order valence-corrected chi connectivity index (χ4v) is 2.48. The van der Waals surface area contributed by atoms with Crippen LogP contribution in [0.1, 0.15) is 40.0 Å². The number of Topliss-reactive ketones (excluding diaryl/α,β-unsaturated/α-hetero) is 1. The predicted octanol–water partition coefficient (Wildman–Crippen LogP) is 2.58. The van der Waals surface area contributed by atoms with E-state index in [1.807, 2.05) is 30.3 Å². The molecular formula is C16H23BO3. The van der Waals surface area contributed by atoms with Crippen LogP contribution in [0.3, 0.4) is 0 Å². The maximum Gasteiger partial charge on any atom is 0.494 e. The Morgan fingerprint density at radius 2 is 1.95 bits per heavy atom. The highest BCUT2D eigenvalue weighted by atomic mass is 16.7. The minimum atomic E-state index is -0.424. The number of rotatable bonds is 6. The normalized spacial score (nSPS) is 22.5. The Labute approximate surface area is 121 Å². The molecule has 0 saturated carbocycles. The van der Waals surface area contributed by atoms with Crippen molar-refractivity contribution >= 4 is 18.4 Å². The number of hydrogen-bond acceptors (Lipinski definition) is 3. The van der Waals surface area contributed by atoms with Gasteiger partial charge in [0.1, 0.15) is 6.10 Å². The predicted molar refractivity (Wildman–Crippen MR) is 80.9 cm³/mol. The van der Waals surface area contributed by atoms with Crippen LogP contribution in [0.15, 0.2) is 30.3 Å². The van der Waals surface area contributed by atoms with E-state index >= 15 is 0 Å². The minimum absolute atomic E-state index is 0.149. The average molecular weight is 274 g/mol.